The molecule has 0 amide bonds. The van der Waals surface area contributed by atoms with Crippen LogP contribution in [0.3, 0.4) is 0 Å². The molecule has 0 atom stereocenters. The third-order valence-corrected chi connectivity index (χ3v) is 5.15. The first-order chi connectivity index (χ1) is 13.9. The Bertz CT molecular complexity index is 1240. The van der Waals surface area contributed by atoms with Gasteiger partial charge in [-0.1, -0.05) is 34.1 Å². The van der Waals surface area contributed by atoms with Crippen LogP contribution in [-0.4, -0.2) is 0 Å². The highest BCUT2D eigenvalue weighted by molar-refractivity contribution is 9.10. The number of fused-ring (bicyclic) bond motifs is 1. The van der Waals surface area contributed by atoms with Gasteiger partial charge in [-0.15, -0.1) is 0 Å². The lowest BCUT2D eigenvalue weighted by atomic mass is 10.0. The summed E-state index contributed by atoms with van der Waals surface area (Å²) in [4.78, 5) is 13.0. The molecule has 0 saturated heterocycles. The van der Waals surface area contributed by atoms with Crippen LogP contribution in [0.2, 0.25) is 0 Å². The predicted molar refractivity (Wildman–Crippen MR) is 111 cm³/mol. The molecule has 4 aromatic rings. The van der Waals surface area contributed by atoms with E-state index in [0.29, 0.717) is 28.0 Å². The Morgan fingerprint density at radius 2 is 1.69 bits per heavy atom. The SMILES string of the molecule is Cc1oc2cc(OCc3c(F)cccc3F)ccc2c(=O)c1-c1ccc(Br)cc1. The summed E-state index contributed by atoms with van der Waals surface area (Å²) in [6, 6.07) is 15.8. The van der Waals surface area contributed by atoms with E-state index in [0.717, 1.165) is 10.0 Å². The van der Waals surface area contributed by atoms with Gasteiger partial charge in [0, 0.05) is 10.5 Å². The van der Waals surface area contributed by atoms with Crippen molar-refractivity contribution in [3.05, 3.63) is 98.3 Å². The van der Waals surface area contributed by atoms with Crippen LogP contribution in [0.1, 0.15) is 11.3 Å². The van der Waals surface area contributed by atoms with E-state index in [4.69, 9.17) is 9.15 Å². The van der Waals surface area contributed by atoms with Crippen molar-refractivity contribution >= 4 is 26.9 Å². The highest BCUT2D eigenvalue weighted by Crippen LogP contribution is 2.28. The van der Waals surface area contributed by atoms with E-state index in [1.165, 1.54) is 18.2 Å². The molecule has 0 N–H and O–H groups in total. The third kappa shape index (κ3) is 3.80. The second-order valence-electron chi connectivity index (χ2n) is 6.52. The van der Waals surface area contributed by atoms with E-state index in [9.17, 15) is 13.6 Å². The summed E-state index contributed by atoms with van der Waals surface area (Å²) in [6.07, 6.45) is 0. The van der Waals surface area contributed by atoms with Crippen LogP contribution in [0.15, 0.2) is 74.3 Å². The fraction of sp³-hybridized carbons (Fsp3) is 0.0870. The van der Waals surface area contributed by atoms with Gasteiger partial charge < -0.3 is 9.15 Å². The predicted octanol–water partition coefficient (Wildman–Crippen LogP) is 6.39. The van der Waals surface area contributed by atoms with Crippen molar-refractivity contribution in [2.24, 2.45) is 0 Å². The number of halogens is 3. The molecule has 0 saturated carbocycles. The fourth-order valence-electron chi connectivity index (χ4n) is 3.15. The molecule has 0 aliphatic carbocycles. The average Bonchev–Trinajstić information content (AvgIpc) is 2.69. The zero-order valence-electron chi connectivity index (χ0n) is 15.3. The molecule has 0 aliphatic heterocycles. The molecule has 1 heterocycles. The Kier molecular flexibility index (Phi) is 5.20. The van der Waals surface area contributed by atoms with Crippen molar-refractivity contribution in [2.75, 3.05) is 0 Å². The summed E-state index contributed by atoms with van der Waals surface area (Å²) in [6.45, 7) is 1.45. The molecule has 29 heavy (non-hydrogen) atoms. The molecule has 6 heteroatoms. The van der Waals surface area contributed by atoms with Crippen LogP contribution in [0.25, 0.3) is 22.1 Å². The molecule has 0 radical (unpaired) electrons. The number of hydrogen-bond acceptors (Lipinski definition) is 3. The summed E-state index contributed by atoms with van der Waals surface area (Å²) in [5.41, 5.74) is 1.29. The zero-order chi connectivity index (χ0) is 20.5. The lowest BCUT2D eigenvalue weighted by Crippen LogP contribution is -2.08. The molecule has 0 bridgehead atoms. The van der Waals surface area contributed by atoms with Crippen LogP contribution in [0, 0.1) is 18.6 Å². The highest BCUT2D eigenvalue weighted by Gasteiger charge is 2.15. The molecule has 4 rings (SSSR count). The van der Waals surface area contributed by atoms with Crippen molar-refractivity contribution in [1.82, 2.24) is 0 Å². The Balaban J connectivity index is 1.69. The van der Waals surface area contributed by atoms with E-state index in [1.54, 1.807) is 25.1 Å². The van der Waals surface area contributed by atoms with E-state index >= 15 is 0 Å². The molecule has 0 fully saturated rings. The molecular weight excluding hydrogens is 442 g/mol. The van der Waals surface area contributed by atoms with Gasteiger partial charge in [0.2, 0.25) is 5.43 Å². The second kappa shape index (κ2) is 7.79. The van der Waals surface area contributed by atoms with Crippen molar-refractivity contribution < 1.29 is 17.9 Å². The van der Waals surface area contributed by atoms with Crippen LogP contribution < -0.4 is 10.2 Å². The summed E-state index contributed by atoms with van der Waals surface area (Å²) in [5.74, 6) is -0.527. The van der Waals surface area contributed by atoms with E-state index in [2.05, 4.69) is 15.9 Å². The van der Waals surface area contributed by atoms with Gasteiger partial charge in [0.15, 0.2) is 0 Å². The standard InChI is InChI=1S/C23H15BrF2O3/c1-13-22(14-5-7-15(24)8-6-14)23(27)17-10-9-16(11-21(17)29-13)28-12-18-19(25)3-2-4-20(18)26/h2-11H,12H2,1H3. The smallest absolute Gasteiger partial charge is 0.200 e. The molecule has 1 aromatic heterocycles. The van der Waals surface area contributed by atoms with Gasteiger partial charge in [0.25, 0.3) is 0 Å². The second-order valence-corrected chi connectivity index (χ2v) is 7.43. The Morgan fingerprint density at radius 1 is 1.00 bits per heavy atom. The molecule has 3 aromatic carbocycles. The number of benzene rings is 3. The first-order valence-corrected chi connectivity index (χ1v) is 9.62. The van der Waals surface area contributed by atoms with Crippen LogP contribution in [0.5, 0.6) is 5.75 Å². The van der Waals surface area contributed by atoms with Crippen LogP contribution >= 0.6 is 15.9 Å². The van der Waals surface area contributed by atoms with Gasteiger partial charge in [-0.25, -0.2) is 8.78 Å². The number of ether oxygens (including phenoxy) is 1. The van der Waals surface area contributed by atoms with Crippen LogP contribution in [-0.2, 0) is 6.61 Å². The summed E-state index contributed by atoms with van der Waals surface area (Å²) in [5, 5.41) is 0.401. The molecule has 0 aliphatic rings. The van der Waals surface area contributed by atoms with Crippen LogP contribution in [0.4, 0.5) is 8.78 Å². The van der Waals surface area contributed by atoms with E-state index in [-0.39, 0.29) is 17.6 Å². The topological polar surface area (TPSA) is 39.4 Å². The summed E-state index contributed by atoms with van der Waals surface area (Å²) >= 11 is 3.38. The molecule has 146 valence electrons. The normalized spacial score (nSPS) is 11.0. The lowest BCUT2D eigenvalue weighted by molar-refractivity contribution is 0.292. The number of hydrogen-bond donors (Lipinski definition) is 0. The third-order valence-electron chi connectivity index (χ3n) is 4.62. The van der Waals surface area contributed by atoms with Gasteiger partial charge in [-0.05, 0) is 48.9 Å². The van der Waals surface area contributed by atoms with Crippen molar-refractivity contribution in [3.8, 4) is 16.9 Å². The largest absolute Gasteiger partial charge is 0.489 e. The molecule has 0 spiro atoms. The van der Waals surface area contributed by atoms with Gasteiger partial charge in [0.1, 0.15) is 35.3 Å². The molecular formula is C23H15BrF2O3. The van der Waals surface area contributed by atoms with E-state index in [1.807, 2.05) is 24.3 Å². The summed E-state index contributed by atoms with van der Waals surface area (Å²) in [7, 11) is 0. The van der Waals surface area contributed by atoms with Gasteiger partial charge >= 0.3 is 0 Å². The number of aryl methyl sites for hydroxylation is 1. The highest BCUT2D eigenvalue weighted by atomic mass is 79.9. The fourth-order valence-corrected chi connectivity index (χ4v) is 3.42. The van der Waals surface area contributed by atoms with Gasteiger partial charge in [-0.3, -0.25) is 4.79 Å². The maximum Gasteiger partial charge on any atom is 0.200 e. The van der Waals surface area contributed by atoms with Gasteiger partial charge in [0.05, 0.1) is 16.5 Å². The Hall–Kier alpha value is -2.99. The first-order valence-electron chi connectivity index (χ1n) is 8.83. The zero-order valence-corrected chi connectivity index (χ0v) is 16.9. The van der Waals surface area contributed by atoms with Crippen molar-refractivity contribution in [3.63, 3.8) is 0 Å². The minimum atomic E-state index is -0.674. The van der Waals surface area contributed by atoms with Gasteiger partial charge in [-0.2, -0.15) is 0 Å². The maximum absolute atomic E-state index is 13.8. The maximum atomic E-state index is 13.8. The minimum absolute atomic E-state index is 0.155. The Morgan fingerprint density at radius 3 is 2.38 bits per heavy atom. The number of rotatable bonds is 4. The van der Waals surface area contributed by atoms with Crippen molar-refractivity contribution in [2.45, 2.75) is 13.5 Å². The Labute approximate surface area is 173 Å². The molecule has 0 unspecified atom stereocenters. The molecule has 3 nitrogen and oxygen atoms in total. The lowest BCUT2D eigenvalue weighted by Gasteiger charge is -2.10. The quantitative estimate of drug-likeness (QED) is 0.357. The van der Waals surface area contributed by atoms with Crippen molar-refractivity contribution in [1.29, 1.82) is 0 Å². The first kappa shape index (κ1) is 19.3. The average molecular weight is 457 g/mol. The monoisotopic (exact) mass is 456 g/mol. The summed E-state index contributed by atoms with van der Waals surface area (Å²) < 4.78 is 39.8. The minimum Gasteiger partial charge on any atom is -0.489 e. The van der Waals surface area contributed by atoms with E-state index < -0.39 is 11.6 Å².